The van der Waals surface area contributed by atoms with Crippen LogP contribution in [0.15, 0.2) is 0 Å². The summed E-state index contributed by atoms with van der Waals surface area (Å²) in [6, 6.07) is 2.22. The number of hydrogen-bond acceptors (Lipinski definition) is 2. The maximum absolute atomic E-state index is 8.45. The van der Waals surface area contributed by atoms with Gasteiger partial charge in [-0.05, 0) is 24.7 Å². The quantitative estimate of drug-likeness (QED) is 0.620. The fraction of sp³-hybridized carbons (Fsp3) is 0.900. The van der Waals surface area contributed by atoms with Crippen molar-refractivity contribution in [3.8, 4) is 6.07 Å². The van der Waals surface area contributed by atoms with Crippen LogP contribution in [0.5, 0.6) is 0 Å². The second-order valence-corrected chi connectivity index (χ2v) is 4.12. The van der Waals surface area contributed by atoms with E-state index in [9.17, 15) is 0 Å². The van der Waals surface area contributed by atoms with Gasteiger partial charge in [0, 0.05) is 26.1 Å². The van der Waals surface area contributed by atoms with Crippen molar-refractivity contribution >= 4 is 0 Å². The second kappa shape index (κ2) is 3.45. The van der Waals surface area contributed by atoms with Crippen LogP contribution in [0.2, 0.25) is 0 Å². The van der Waals surface area contributed by atoms with E-state index in [2.05, 4.69) is 11.0 Å². The average molecular weight is 164 g/mol. The second-order valence-electron chi connectivity index (χ2n) is 4.12. The minimum absolute atomic E-state index is 0.708. The summed E-state index contributed by atoms with van der Waals surface area (Å²) < 4.78 is 0. The van der Waals surface area contributed by atoms with Crippen molar-refractivity contribution < 1.29 is 0 Å². The molecular formula is C10H16N2. The molecule has 0 aromatic carbocycles. The SMILES string of the molecule is N#CCCN1CC2CCCC2C1. The van der Waals surface area contributed by atoms with E-state index in [1.165, 1.54) is 32.4 Å². The maximum Gasteiger partial charge on any atom is 0.0635 e. The van der Waals surface area contributed by atoms with E-state index < -0.39 is 0 Å². The lowest BCUT2D eigenvalue weighted by molar-refractivity contribution is 0.318. The summed E-state index contributed by atoms with van der Waals surface area (Å²) >= 11 is 0. The van der Waals surface area contributed by atoms with Crippen molar-refractivity contribution in [3.63, 3.8) is 0 Å². The molecule has 66 valence electrons. The molecule has 0 amide bonds. The third-order valence-corrected chi connectivity index (χ3v) is 3.34. The number of hydrogen-bond donors (Lipinski definition) is 0. The van der Waals surface area contributed by atoms with Gasteiger partial charge in [0.2, 0.25) is 0 Å². The molecule has 2 aliphatic rings. The lowest BCUT2D eigenvalue weighted by Crippen LogP contribution is -2.22. The minimum atomic E-state index is 0.708. The highest BCUT2D eigenvalue weighted by Crippen LogP contribution is 2.37. The van der Waals surface area contributed by atoms with Gasteiger partial charge in [-0.2, -0.15) is 5.26 Å². The lowest BCUT2D eigenvalue weighted by Gasteiger charge is -2.13. The normalized spacial score (nSPS) is 34.9. The molecule has 0 aromatic heterocycles. The Kier molecular flexibility index (Phi) is 2.32. The molecular weight excluding hydrogens is 148 g/mol. The standard InChI is InChI=1S/C10H16N2/c11-5-2-6-12-7-9-3-1-4-10(9)8-12/h9-10H,1-4,6-8H2. The van der Waals surface area contributed by atoms with Crippen LogP contribution in [0, 0.1) is 23.2 Å². The van der Waals surface area contributed by atoms with E-state index in [0.717, 1.165) is 18.4 Å². The van der Waals surface area contributed by atoms with Gasteiger partial charge in [0.25, 0.3) is 0 Å². The number of nitrogens with zero attached hydrogens (tertiary/aromatic N) is 2. The molecule has 2 unspecified atom stereocenters. The Morgan fingerprint density at radius 3 is 2.50 bits per heavy atom. The van der Waals surface area contributed by atoms with E-state index >= 15 is 0 Å². The molecule has 2 fully saturated rings. The van der Waals surface area contributed by atoms with Gasteiger partial charge in [-0.25, -0.2) is 0 Å². The predicted molar refractivity (Wildman–Crippen MR) is 47.5 cm³/mol. The van der Waals surface area contributed by atoms with Gasteiger partial charge in [-0.3, -0.25) is 0 Å². The molecule has 0 radical (unpaired) electrons. The molecule has 2 rings (SSSR count). The monoisotopic (exact) mass is 164 g/mol. The Labute approximate surface area is 74.2 Å². The van der Waals surface area contributed by atoms with Crippen molar-refractivity contribution in [2.75, 3.05) is 19.6 Å². The summed E-state index contributed by atoms with van der Waals surface area (Å²) in [5.74, 6) is 1.95. The summed E-state index contributed by atoms with van der Waals surface area (Å²) in [7, 11) is 0. The topological polar surface area (TPSA) is 27.0 Å². The first-order valence-corrected chi connectivity index (χ1v) is 4.99. The third kappa shape index (κ3) is 1.47. The minimum Gasteiger partial charge on any atom is -0.302 e. The van der Waals surface area contributed by atoms with Gasteiger partial charge < -0.3 is 4.90 Å². The summed E-state index contributed by atoms with van der Waals surface area (Å²) in [5.41, 5.74) is 0. The van der Waals surface area contributed by atoms with Crippen molar-refractivity contribution in [2.24, 2.45) is 11.8 Å². The Morgan fingerprint density at radius 1 is 1.25 bits per heavy atom. The Balaban J connectivity index is 1.80. The van der Waals surface area contributed by atoms with Crippen LogP contribution >= 0.6 is 0 Å². The van der Waals surface area contributed by atoms with Crippen molar-refractivity contribution in [1.29, 1.82) is 5.26 Å². The van der Waals surface area contributed by atoms with E-state index in [-0.39, 0.29) is 0 Å². The van der Waals surface area contributed by atoms with Gasteiger partial charge in [0.05, 0.1) is 6.07 Å². The third-order valence-electron chi connectivity index (χ3n) is 3.34. The fourth-order valence-corrected chi connectivity index (χ4v) is 2.72. The van der Waals surface area contributed by atoms with Gasteiger partial charge in [-0.15, -0.1) is 0 Å². The molecule has 0 spiro atoms. The van der Waals surface area contributed by atoms with Crippen molar-refractivity contribution in [3.05, 3.63) is 0 Å². The Morgan fingerprint density at radius 2 is 1.92 bits per heavy atom. The molecule has 0 aromatic rings. The van der Waals surface area contributed by atoms with Crippen LogP contribution < -0.4 is 0 Å². The summed E-state index contributed by atoms with van der Waals surface area (Å²) in [6.07, 6.45) is 5.03. The zero-order valence-electron chi connectivity index (χ0n) is 7.50. The van der Waals surface area contributed by atoms with Crippen LogP contribution in [0.1, 0.15) is 25.7 Å². The van der Waals surface area contributed by atoms with E-state index in [0.29, 0.717) is 6.42 Å². The molecule has 2 nitrogen and oxygen atoms in total. The van der Waals surface area contributed by atoms with Crippen LogP contribution in [-0.4, -0.2) is 24.5 Å². The fourth-order valence-electron chi connectivity index (χ4n) is 2.72. The molecule has 2 heteroatoms. The summed E-state index contributed by atoms with van der Waals surface area (Å²) in [6.45, 7) is 3.54. The van der Waals surface area contributed by atoms with Gasteiger partial charge in [-0.1, -0.05) is 6.42 Å². The number of nitriles is 1. The lowest BCUT2D eigenvalue weighted by atomic mass is 10.0. The van der Waals surface area contributed by atoms with Crippen LogP contribution in [0.4, 0.5) is 0 Å². The molecule has 12 heavy (non-hydrogen) atoms. The maximum atomic E-state index is 8.45. The van der Waals surface area contributed by atoms with E-state index in [1.54, 1.807) is 0 Å². The summed E-state index contributed by atoms with van der Waals surface area (Å²) in [4.78, 5) is 2.47. The largest absolute Gasteiger partial charge is 0.302 e. The summed E-state index contributed by atoms with van der Waals surface area (Å²) in [5, 5.41) is 8.45. The highest BCUT2D eigenvalue weighted by atomic mass is 15.2. The molecule has 0 bridgehead atoms. The average Bonchev–Trinajstić information content (AvgIpc) is 2.58. The Bertz CT molecular complexity index is 183. The molecule has 1 saturated carbocycles. The van der Waals surface area contributed by atoms with Gasteiger partial charge >= 0.3 is 0 Å². The highest BCUT2D eigenvalue weighted by molar-refractivity contribution is 4.89. The first-order valence-electron chi connectivity index (χ1n) is 4.99. The first-order chi connectivity index (χ1) is 5.90. The number of fused-ring (bicyclic) bond motifs is 1. The molecule has 1 aliphatic carbocycles. The zero-order chi connectivity index (χ0) is 8.39. The smallest absolute Gasteiger partial charge is 0.0635 e. The number of rotatable bonds is 2. The predicted octanol–water partition coefficient (Wildman–Crippen LogP) is 1.63. The van der Waals surface area contributed by atoms with Crippen LogP contribution in [-0.2, 0) is 0 Å². The first kappa shape index (κ1) is 8.07. The van der Waals surface area contributed by atoms with E-state index in [1.807, 2.05) is 0 Å². The molecule has 1 saturated heterocycles. The van der Waals surface area contributed by atoms with E-state index in [4.69, 9.17) is 5.26 Å². The van der Waals surface area contributed by atoms with Crippen LogP contribution in [0.25, 0.3) is 0 Å². The van der Waals surface area contributed by atoms with Gasteiger partial charge in [0.15, 0.2) is 0 Å². The molecule has 2 atom stereocenters. The van der Waals surface area contributed by atoms with Gasteiger partial charge in [0.1, 0.15) is 0 Å². The zero-order valence-corrected chi connectivity index (χ0v) is 7.50. The highest BCUT2D eigenvalue weighted by Gasteiger charge is 2.35. The van der Waals surface area contributed by atoms with Crippen molar-refractivity contribution in [2.45, 2.75) is 25.7 Å². The molecule has 1 aliphatic heterocycles. The van der Waals surface area contributed by atoms with Crippen molar-refractivity contribution in [1.82, 2.24) is 4.90 Å². The molecule has 0 N–H and O–H groups in total. The number of likely N-dealkylation sites (tertiary alicyclic amines) is 1. The Hall–Kier alpha value is -0.550. The molecule has 1 heterocycles. The van der Waals surface area contributed by atoms with Crippen LogP contribution in [0.3, 0.4) is 0 Å².